The van der Waals surface area contributed by atoms with Crippen LogP contribution in [0.4, 0.5) is 11.4 Å². The number of amides is 1. The van der Waals surface area contributed by atoms with Crippen LogP contribution in [0.2, 0.25) is 0 Å². The van der Waals surface area contributed by atoms with E-state index < -0.39 is 11.9 Å². The van der Waals surface area contributed by atoms with E-state index in [0.717, 1.165) is 5.69 Å². The Morgan fingerprint density at radius 1 is 0.938 bits per heavy atom. The fourth-order valence-electron chi connectivity index (χ4n) is 3.16. The molecule has 1 aliphatic rings. The predicted octanol–water partition coefficient (Wildman–Crippen LogP) is 3.96. The molecule has 2 aromatic carbocycles. The summed E-state index contributed by atoms with van der Waals surface area (Å²) >= 11 is 0. The summed E-state index contributed by atoms with van der Waals surface area (Å²) in [5.41, 5.74) is 2.12. The van der Waals surface area contributed by atoms with Crippen molar-refractivity contribution in [2.75, 3.05) is 25.1 Å². The van der Waals surface area contributed by atoms with E-state index >= 15 is 0 Å². The minimum Gasteiger partial charge on any atom is -0.490 e. The Morgan fingerprint density at radius 2 is 1.62 bits per heavy atom. The third-order valence-corrected chi connectivity index (χ3v) is 4.56. The van der Waals surface area contributed by atoms with Gasteiger partial charge in [-0.05, 0) is 44.5 Å². The Balaban J connectivity index is 1.86. The number of nitrogens with zero attached hydrogens (tertiary/aromatic N) is 1. The number of carbonyl (C=O) groups excluding carboxylic acids is 2. The lowest BCUT2D eigenvalue weighted by Crippen LogP contribution is -2.38. The summed E-state index contributed by atoms with van der Waals surface area (Å²) in [7, 11) is 0. The van der Waals surface area contributed by atoms with Crippen molar-refractivity contribution in [2.24, 2.45) is 4.99 Å². The molecule has 0 aromatic heterocycles. The normalized spacial score (nSPS) is 12.7. The zero-order chi connectivity index (χ0) is 22.9. The van der Waals surface area contributed by atoms with Crippen molar-refractivity contribution < 1.29 is 23.8 Å². The standard InChI is InChI=1S/C24H27N3O5/c1-4-16-22(24(29)31-6-3)23(26-18-12-8-7-11-17(18)25-16)27-21(28)15-32-20-14-10-9-13-19(20)30-5-2/h7-14,25H,4-6,15H2,1-3H3,(H,26,27,28). The highest BCUT2D eigenvalue weighted by atomic mass is 16.5. The molecule has 0 saturated heterocycles. The van der Waals surface area contributed by atoms with Crippen molar-refractivity contribution in [1.82, 2.24) is 5.32 Å². The molecule has 2 N–H and O–H groups in total. The zero-order valence-electron chi connectivity index (χ0n) is 18.4. The summed E-state index contributed by atoms with van der Waals surface area (Å²) in [5.74, 6) is 0.0882. The first-order valence-electron chi connectivity index (χ1n) is 10.6. The fourth-order valence-corrected chi connectivity index (χ4v) is 3.16. The van der Waals surface area contributed by atoms with Gasteiger partial charge in [-0.15, -0.1) is 0 Å². The van der Waals surface area contributed by atoms with Crippen molar-refractivity contribution in [3.05, 3.63) is 59.8 Å². The molecule has 0 spiro atoms. The van der Waals surface area contributed by atoms with Gasteiger partial charge in [0, 0.05) is 5.70 Å². The molecule has 2 aromatic rings. The van der Waals surface area contributed by atoms with Crippen LogP contribution in [-0.2, 0) is 14.3 Å². The van der Waals surface area contributed by atoms with E-state index in [2.05, 4.69) is 15.6 Å². The minimum absolute atomic E-state index is 0.115. The van der Waals surface area contributed by atoms with Gasteiger partial charge in [0.15, 0.2) is 18.1 Å². The Kier molecular flexibility index (Phi) is 7.85. The van der Waals surface area contributed by atoms with Gasteiger partial charge in [-0.1, -0.05) is 31.2 Å². The summed E-state index contributed by atoms with van der Waals surface area (Å²) < 4.78 is 16.4. The first-order valence-corrected chi connectivity index (χ1v) is 10.6. The number of hydrogen-bond acceptors (Lipinski definition) is 7. The van der Waals surface area contributed by atoms with E-state index in [-0.39, 0.29) is 24.6 Å². The molecule has 0 aliphatic carbocycles. The fraction of sp³-hybridized carbons (Fsp3) is 0.292. The minimum atomic E-state index is -0.564. The summed E-state index contributed by atoms with van der Waals surface area (Å²) in [6.07, 6.45) is 0.510. The van der Waals surface area contributed by atoms with Crippen molar-refractivity contribution in [1.29, 1.82) is 0 Å². The number of amidine groups is 1. The molecule has 1 heterocycles. The van der Waals surface area contributed by atoms with Crippen LogP contribution < -0.4 is 20.1 Å². The topological polar surface area (TPSA) is 98.2 Å². The number of carbonyl (C=O) groups is 2. The molecule has 0 saturated carbocycles. The molecule has 0 bridgehead atoms. The quantitative estimate of drug-likeness (QED) is 0.607. The summed E-state index contributed by atoms with van der Waals surface area (Å²) in [4.78, 5) is 30.1. The number of para-hydroxylation sites is 4. The molecule has 1 amide bonds. The highest BCUT2D eigenvalue weighted by Crippen LogP contribution is 2.31. The van der Waals surface area contributed by atoms with E-state index in [1.165, 1.54) is 0 Å². The monoisotopic (exact) mass is 437 g/mol. The van der Waals surface area contributed by atoms with E-state index in [4.69, 9.17) is 14.2 Å². The van der Waals surface area contributed by atoms with Crippen LogP contribution in [0.1, 0.15) is 27.2 Å². The van der Waals surface area contributed by atoms with Gasteiger partial charge in [-0.3, -0.25) is 4.79 Å². The first-order chi connectivity index (χ1) is 15.6. The number of aliphatic imine (C=N–C) groups is 1. The average molecular weight is 437 g/mol. The van der Waals surface area contributed by atoms with Gasteiger partial charge in [0.1, 0.15) is 11.4 Å². The lowest BCUT2D eigenvalue weighted by molar-refractivity contribution is -0.137. The Hall–Kier alpha value is -3.81. The number of rotatable bonds is 8. The molecule has 8 heteroatoms. The number of fused-ring (bicyclic) bond motifs is 1. The van der Waals surface area contributed by atoms with Crippen molar-refractivity contribution in [3.8, 4) is 11.5 Å². The lowest BCUT2D eigenvalue weighted by Gasteiger charge is -2.15. The first kappa shape index (κ1) is 22.9. The van der Waals surface area contributed by atoms with Crippen molar-refractivity contribution >= 4 is 29.1 Å². The third kappa shape index (κ3) is 5.46. The Labute approximate surface area is 187 Å². The Bertz CT molecular complexity index is 1050. The van der Waals surface area contributed by atoms with E-state index in [9.17, 15) is 9.59 Å². The second-order valence-corrected chi connectivity index (χ2v) is 6.75. The highest BCUT2D eigenvalue weighted by molar-refractivity contribution is 6.24. The summed E-state index contributed by atoms with van der Waals surface area (Å²) in [6, 6.07) is 14.5. The van der Waals surface area contributed by atoms with Gasteiger partial charge >= 0.3 is 5.97 Å². The van der Waals surface area contributed by atoms with Crippen LogP contribution in [0.15, 0.2) is 64.8 Å². The van der Waals surface area contributed by atoms with Crippen LogP contribution >= 0.6 is 0 Å². The van der Waals surface area contributed by atoms with Crippen molar-refractivity contribution in [3.63, 3.8) is 0 Å². The molecule has 3 rings (SSSR count). The summed E-state index contributed by atoms with van der Waals surface area (Å²) in [5, 5.41) is 5.97. The average Bonchev–Trinajstić information content (AvgIpc) is 2.95. The largest absolute Gasteiger partial charge is 0.490 e. The third-order valence-electron chi connectivity index (χ3n) is 4.56. The molecular formula is C24H27N3O5. The number of ether oxygens (including phenoxy) is 3. The number of hydrogen-bond donors (Lipinski definition) is 2. The summed E-state index contributed by atoms with van der Waals surface area (Å²) in [6.45, 7) is 5.89. The molecular weight excluding hydrogens is 410 g/mol. The number of esters is 1. The van der Waals surface area contributed by atoms with Gasteiger partial charge in [-0.2, -0.15) is 0 Å². The second kappa shape index (κ2) is 11.0. The van der Waals surface area contributed by atoms with E-state index in [1.807, 2.05) is 38.1 Å². The molecule has 0 atom stereocenters. The van der Waals surface area contributed by atoms with Crippen LogP contribution in [0.3, 0.4) is 0 Å². The van der Waals surface area contributed by atoms with E-state index in [0.29, 0.717) is 35.9 Å². The van der Waals surface area contributed by atoms with Crippen LogP contribution in [0.5, 0.6) is 11.5 Å². The number of nitrogens with one attached hydrogen (secondary N) is 2. The Morgan fingerprint density at radius 3 is 2.31 bits per heavy atom. The molecule has 0 radical (unpaired) electrons. The second-order valence-electron chi connectivity index (χ2n) is 6.75. The SMILES string of the molecule is CCOC(=O)C1=C(CC)Nc2ccccc2N=C1NC(=O)COc1ccccc1OCC. The van der Waals surface area contributed by atoms with E-state index in [1.54, 1.807) is 31.2 Å². The van der Waals surface area contributed by atoms with Gasteiger partial charge in [0.2, 0.25) is 0 Å². The maximum absolute atomic E-state index is 12.8. The highest BCUT2D eigenvalue weighted by Gasteiger charge is 2.27. The van der Waals surface area contributed by atoms with Crippen LogP contribution in [-0.4, -0.2) is 37.5 Å². The molecule has 8 nitrogen and oxygen atoms in total. The molecule has 1 aliphatic heterocycles. The molecule has 0 fully saturated rings. The smallest absolute Gasteiger partial charge is 0.343 e. The van der Waals surface area contributed by atoms with Crippen LogP contribution in [0, 0.1) is 0 Å². The number of benzene rings is 2. The van der Waals surface area contributed by atoms with Gasteiger partial charge < -0.3 is 24.8 Å². The van der Waals surface area contributed by atoms with Crippen LogP contribution in [0.25, 0.3) is 0 Å². The molecule has 0 unspecified atom stereocenters. The zero-order valence-corrected chi connectivity index (χ0v) is 18.4. The lowest BCUT2D eigenvalue weighted by atomic mass is 10.1. The number of allylic oxidation sites excluding steroid dienone is 1. The van der Waals surface area contributed by atoms with Crippen molar-refractivity contribution in [2.45, 2.75) is 27.2 Å². The maximum atomic E-state index is 12.8. The van der Waals surface area contributed by atoms with Gasteiger partial charge in [0.25, 0.3) is 5.91 Å². The predicted molar refractivity (Wildman–Crippen MR) is 122 cm³/mol. The molecule has 32 heavy (non-hydrogen) atoms. The number of anilines is 1. The molecule has 168 valence electrons. The van der Waals surface area contributed by atoms with Gasteiger partial charge in [0.05, 0.1) is 24.6 Å². The maximum Gasteiger partial charge on any atom is 0.343 e. The van der Waals surface area contributed by atoms with Gasteiger partial charge in [-0.25, -0.2) is 9.79 Å².